The van der Waals surface area contributed by atoms with E-state index in [1.165, 1.54) is 10.9 Å². The number of halogens is 1. The molecule has 3 aromatic rings. The highest BCUT2D eigenvalue weighted by atomic mass is 19.1. The van der Waals surface area contributed by atoms with E-state index in [4.69, 9.17) is 0 Å². The third-order valence-electron chi connectivity index (χ3n) is 2.60. The molecule has 0 amide bonds. The fourth-order valence-corrected chi connectivity index (χ4v) is 1.75. The molecule has 0 aliphatic carbocycles. The zero-order valence-electron chi connectivity index (χ0n) is 9.05. The second kappa shape index (κ2) is 3.97. The minimum absolute atomic E-state index is 0.228. The second-order valence-electron chi connectivity index (χ2n) is 3.81. The van der Waals surface area contributed by atoms with Crippen molar-refractivity contribution in [3.05, 3.63) is 59.9 Å². The first-order valence-electron chi connectivity index (χ1n) is 5.36. The Morgan fingerprint density at radius 1 is 0.882 bits per heavy atom. The van der Waals surface area contributed by atoms with E-state index in [1.807, 2.05) is 30.3 Å². The summed E-state index contributed by atoms with van der Waals surface area (Å²) in [6.45, 7) is 0.349. The summed E-state index contributed by atoms with van der Waals surface area (Å²) < 4.78 is 13.5. The van der Waals surface area contributed by atoms with Crippen molar-refractivity contribution in [2.45, 2.75) is 6.54 Å². The number of fused-ring (bicyclic) bond motifs is 1. The average Bonchev–Trinajstić information content (AvgIpc) is 2.74. The minimum atomic E-state index is -0.228. The summed E-state index contributed by atoms with van der Waals surface area (Å²) in [4.78, 5) is 1.52. The van der Waals surface area contributed by atoms with Crippen LogP contribution >= 0.6 is 0 Å². The van der Waals surface area contributed by atoms with Gasteiger partial charge in [0.15, 0.2) is 0 Å². The van der Waals surface area contributed by atoms with E-state index in [-0.39, 0.29) is 5.82 Å². The van der Waals surface area contributed by atoms with Crippen LogP contribution in [0, 0.1) is 5.82 Å². The monoisotopic (exact) mass is 227 g/mol. The van der Waals surface area contributed by atoms with Crippen molar-refractivity contribution in [3.8, 4) is 0 Å². The third-order valence-corrected chi connectivity index (χ3v) is 2.60. The van der Waals surface area contributed by atoms with Crippen molar-refractivity contribution in [2.24, 2.45) is 0 Å². The lowest BCUT2D eigenvalue weighted by Gasteiger charge is -2.00. The minimum Gasteiger partial charge on any atom is -0.207 e. The van der Waals surface area contributed by atoms with Gasteiger partial charge in [-0.3, -0.25) is 0 Å². The summed E-state index contributed by atoms with van der Waals surface area (Å²) in [5.41, 5.74) is 2.24. The van der Waals surface area contributed by atoms with E-state index < -0.39 is 0 Å². The van der Waals surface area contributed by atoms with Crippen LogP contribution in [0.25, 0.3) is 11.0 Å². The lowest BCUT2D eigenvalue weighted by Crippen LogP contribution is -2.05. The summed E-state index contributed by atoms with van der Waals surface area (Å²) >= 11 is 0. The molecule has 0 atom stereocenters. The quantitative estimate of drug-likeness (QED) is 0.673. The van der Waals surface area contributed by atoms with Gasteiger partial charge in [-0.2, -0.15) is 15.0 Å². The van der Waals surface area contributed by atoms with Crippen LogP contribution in [0.5, 0.6) is 0 Å². The predicted molar refractivity (Wildman–Crippen MR) is 63.0 cm³/mol. The maximum Gasteiger partial charge on any atom is 0.128 e. The lowest BCUT2D eigenvalue weighted by atomic mass is 10.2. The largest absolute Gasteiger partial charge is 0.207 e. The van der Waals surface area contributed by atoms with Gasteiger partial charge in [-0.1, -0.05) is 30.3 Å². The van der Waals surface area contributed by atoms with Gasteiger partial charge in [0.25, 0.3) is 0 Å². The Hall–Kier alpha value is -2.23. The normalized spacial score (nSPS) is 10.9. The molecule has 4 heteroatoms. The van der Waals surface area contributed by atoms with Crippen LogP contribution in [0.3, 0.4) is 0 Å². The van der Waals surface area contributed by atoms with E-state index in [0.29, 0.717) is 12.1 Å². The van der Waals surface area contributed by atoms with Crippen molar-refractivity contribution in [1.82, 2.24) is 15.0 Å². The standard InChI is InChI=1S/C13H10FN3/c14-11-6-2-1-5-10(11)9-17-15-12-7-3-4-8-13(12)16-17/h1-8H,9H2. The smallest absolute Gasteiger partial charge is 0.128 e. The topological polar surface area (TPSA) is 30.7 Å². The number of nitrogens with zero attached hydrogens (tertiary/aromatic N) is 3. The van der Waals surface area contributed by atoms with Gasteiger partial charge in [0.1, 0.15) is 16.9 Å². The first-order chi connectivity index (χ1) is 8.33. The van der Waals surface area contributed by atoms with Crippen LogP contribution in [0.4, 0.5) is 4.39 Å². The average molecular weight is 227 g/mol. The summed E-state index contributed by atoms with van der Waals surface area (Å²) in [5, 5.41) is 8.58. The van der Waals surface area contributed by atoms with Crippen LogP contribution in [0.1, 0.15) is 5.56 Å². The highest BCUT2D eigenvalue weighted by Gasteiger charge is 2.05. The molecule has 0 aliphatic rings. The summed E-state index contributed by atoms with van der Waals surface area (Å²) in [5.74, 6) is -0.228. The highest BCUT2D eigenvalue weighted by Crippen LogP contribution is 2.11. The molecular formula is C13H10FN3. The first kappa shape index (κ1) is 9.96. The predicted octanol–water partition coefficient (Wildman–Crippen LogP) is 2.62. The second-order valence-corrected chi connectivity index (χ2v) is 3.81. The molecule has 1 heterocycles. The van der Waals surface area contributed by atoms with E-state index in [1.54, 1.807) is 12.1 Å². The molecule has 0 N–H and O–H groups in total. The SMILES string of the molecule is Fc1ccccc1Cn1nc2ccccc2n1. The first-order valence-corrected chi connectivity index (χ1v) is 5.36. The van der Waals surface area contributed by atoms with E-state index in [2.05, 4.69) is 10.2 Å². The molecule has 0 saturated carbocycles. The molecule has 0 bridgehead atoms. The molecule has 0 fully saturated rings. The molecule has 17 heavy (non-hydrogen) atoms. The van der Waals surface area contributed by atoms with Crippen LogP contribution in [0.15, 0.2) is 48.5 Å². The molecule has 1 aromatic heterocycles. The Balaban J connectivity index is 1.98. The van der Waals surface area contributed by atoms with Gasteiger partial charge in [0.2, 0.25) is 0 Å². The van der Waals surface area contributed by atoms with Crippen molar-refractivity contribution in [2.75, 3.05) is 0 Å². The number of rotatable bonds is 2. The molecule has 0 radical (unpaired) electrons. The van der Waals surface area contributed by atoms with Gasteiger partial charge in [0, 0.05) is 5.56 Å². The van der Waals surface area contributed by atoms with E-state index in [0.717, 1.165) is 11.0 Å². The fraction of sp³-hybridized carbons (Fsp3) is 0.0769. The van der Waals surface area contributed by atoms with Crippen LogP contribution in [-0.4, -0.2) is 15.0 Å². The van der Waals surface area contributed by atoms with Crippen LogP contribution in [0.2, 0.25) is 0 Å². The Kier molecular flexibility index (Phi) is 2.33. The van der Waals surface area contributed by atoms with Gasteiger partial charge in [-0.15, -0.1) is 0 Å². The number of hydrogen-bond donors (Lipinski definition) is 0. The van der Waals surface area contributed by atoms with Crippen molar-refractivity contribution in [3.63, 3.8) is 0 Å². The molecule has 0 unspecified atom stereocenters. The third kappa shape index (κ3) is 1.89. The fourth-order valence-electron chi connectivity index (χ4n) is 1.75. The Bertz CT molecular complexity index is 627. The van der Waals surface area contributed by atoms with Gasteiger partial charge in [-0.05, 0) is 18.2 Å². The van der Waals surface area contributed by atoms with Crippen molar-refractivity contribution < 1.29 is 4.39 Å². The van der Waals surface area contributed by atoms with Gasteiger partial charge in [0.05, 0.1) is 6.54 Å². The summed E-state index contributed by atoms with van der Waals surface area (Å²) in [7, 11) is 0. The zero-order valence-corrected chi connectivity index (χ0v) is 9.05. The lowest BCUT2D eigenvalue weighted by molar-refractivity contribution is 0.554. The van der Waals surface area contributed by atoms with Crippen LogP contribution < -0.4 is 0 Å². The molecule has 0 aliphatic heterocycles. The van der Waals surface area contributed by atoms with Gasteiger partial charge >= 0.3 is 0 Å². The summed E-state index contributed by atoms with van der Waals surface area (Å²) in [6, 6.07) is 14.3. The highest BCUT2D eigenvalue weighted by molar-refractivity contribution is 5.72. The maximum atomic E-state index is 13.5. The molecule has 84 valence electrons. The Morgan fingerprint density at radius 2 is 1.47 bits per heavy atom. The molecule has 0 spiro atoms. The zero-order chi connectivity index (χ0) is 11.7. The van der Waals surface area contributed by atoms with Gasteiger partial charge in [-0.25, -0.2) is 4.39 Å². The van der Waals surface area contributed by atoms with Gasteiger partial charge < -0.3 is 0 Å². The Labute approximate surface area is 97.5 Å². The maximum absolute atomic E-state index is 13.5. The molecule has 3 nitrogen and oxygen atoms in total. The number of aromatic nitrogens is 3. The van der Waals surface area contributed by atoms with Crippen LogP contribution in [-0.2, 0) is 6.54 Å². The van der Waals surface area contributed by atoms with Crippen molar-refractivity contribution >= 4 is 11.0 Å². The molecule has 3 rings (SSSR count). The molecular weight excluding hydrogens is 217 g/mol. The number of hydrogen-bond acceptors (Lipinski definition) is 2. The molecule has 0 saturated heterocycles. The number of benzene rings is 2. The Morgan fingerprint density at radius 3 is 2.12 bits per heavy atom. The van der Waals surface area contributed by atoms with Crippen molar-refractivity contribution in [1.29, 1.82) is 0 Å². The van der Waals surface area contributed by atoms with E-state index >= 15 is 0 Å². The summed E-state index contributed by atoms with van der Waals surface area (Å²) in [6.07, 6.45) is 0. The molecule has 2 aromatic carbocycles. The van der Waals surface area contributed by atoms with E-state index in [9.17, 15) is 4.39 Å².